The van der Waals surface area contributed by atoms with Gasteiger partial charge in [-0.1, -0.05) is 60.1 Å². The van der Waals surface area contributed by atoms with Crippen molar-refractivity contribution in [3.8, 4) is 0 Å². The van der Waals surface area contributed by atoms with Gasteiger partial charge in [0.05, 0.1) is 29.6 Å². The van der Waals surface area contributed by atoms with Crippen LogP contribution in [0, 0.1) is 0 Å². The first-order valence-electron chi connectivity index (χ1n) is 13.5. The van der Waals surface area contributed by atoms with E-state index >= 15 is 0 Å². The first-order valence-corrected chi connectivity index (χ1v) is 20.8. The highest BCUT2D eigenvalue weighted by Gasteiger charge is 2.67. The number of aryl methyl sites for hydroxylation is 1. The number of rotatable bonds is 9. The molecule has 2 N–H and O–H groups in total. The van der Waals surface area contributed by atoms with Crippen LogP contribution in [0.4, 0.5) is 0 Å². The lowest BCUT2D eigenvalue weighted by Crippen LogP contribution is -2.59. The third-order valence-corrected chi connectivity index (χ3v) is 18.8. The molecule has 0 saturated carbocycles. The average molecular weight is 589 g/mol. The molecule has 1 aromatic heterocycles. The zero-order valence-corrected chi connectivity index (χ0v) is 27.8. The molecule has 3 rings (SSSR count). The second kappa shape index (κ2) is 10.4. The van der Waals surface area contributed by atoms with Gasteiger partial charge in [0, 0.05) is 0 Å². The van der Waals surface area contributed by atoms with Crippen LogP contribution in [0.2, 0.25) is 36.3 Å². The lowest BCUT2D eigenvalue weighted by molar-refractivity contribution is -0.0605. The van der Waals surface area contributed by atoms with Crippen LogP contribution < -0.4 is 5.73 Å². The van der Waals surface area contributed by atoms with Crippen LogP contribution in [-0.4, -0.2) is 64.5 Å². The van der Waals surface area contributed by atoms with Crippen molar-refractivity contribution in [2.75, 3.05) is 6.61 Å². The van der Waals surface area contributed by atoms with Gasteiger partial charge in [-0.25, -0.2) is 8.86 Å². The second-order valence-electron chi connectivity index (χ2n) is 13.6. The van der Waals surface area contributed by atoms with Crippen LogP contribution >= 0.6 is 0 Å². The van der Waals surface area contributed by atoms with E-state index in [0.717, 1.165) is 30.4 Å². The Morgan fingerprint density at radius 2 is 1.71 bits per heavy atom. The molecule has 13 heteroatoms. The van der Waals surface area contributed by atoms with Gasteiger partial charge in [0.15, 0.2) is 28.5 Å². The Morgan fingerprint density at radius 1 is 1.11 bits per heavy atom. The molecule has 1 fully saturated rings. The predicted molar refractivity (Wildman–Crippen MR) is 153 cm³/mol. The van der Waals surface area contributed by atoms with Crippen molar-refractivity contribution in [1.29, 1.82) is 0 Å². The monoisotopic (exact) mass is 588 g/mol. The summed E-state index contributed by atoms with van der Waals surface area (Å²) in [6, 6.07) is 0. The van der Waals surface area contributed by atoms with Gasteiger partial charge >= 0.3 is 0 Å². The van der Waals surface area contributed by atoms with E-state index in [-0.39, 0.29) is 22.4 Å². The van der Waals surface area contributed by atoms with Crippen LogP contribution in [0.25, 0.3) is 0 Å². The van der Waals surface area contributed by atoms with E-state index in [1.807, 2.05) is 0 Å². The summed E-state index contributed by atoms with van der Waals surface area (Å²) >= 11 is 0. The number of hydrogen-bond acceptors (Lipinski definition) is 9. The number of ether oxygens (including phenoxy) is 1. The van der Waals surface area contributed by atoms with Crippen molar-refractivity contribution < 1.29 is 26.2 Å². The highest BCUT2D eigenvalue weighted by molar-refractivity contribution is 7.90. The molecule has 1 aromatic rings. The zero-order valence-electron chi connectivity index (χ0n) is 25.0. The van der Waals surface area contributed by atoms with E-state index in [9.17, 15) is 8.42 Å². The second-order valence-corrected chi connectivity index (χ2v) is 24.6. The number of unbranched alkanes of at least 4 members (excludes halogenated alkanes) is 1. The van der Waals surface area contributed by atoms with Gasteiger partial charge in [0.2, 0.25) is 0 Å². The minimum Gasteiger partial charge on any atom is -0.414 e. The number of hydrogen-bond donors (Lipinski definition) is 1. The number of nitrogens with zero attached hydrogens (tertiary/aromatic N) is 3. The summed E-state index contributed by atoms with van der Waals surface area (Å²) in [6.07, 6.45) is 1.90. The lowest BCUT2D eigenvalue weighted by atomic mass is 9.89. The summed E-state index contributed by atoms with van der Waals surface area (Å²) in [6.45, 7) is 23.6. The van der Waals surface area contributed by atoms with Crippen LogP contribution in [0.1, 0.15) is 73.2 Å². The van der Waals surface area contributed by atoms with Gasteiger partial charge in [0.25, 0.3) is 10.1 Å². The van der Waals surface area contributed by atoms with Crippen LogP contribution in [0.3, 0.4) is 0 Å². The van der Waals surface area contributed by atoms with Crippen molar-refractivity contribution in [3.05, 3.63) is 23.0 Å². The number of aromatic nitrogens is 3. The van der Waals surface area contributed by atoms with E-state index in [2.05, 4.69) is 85.0 Å². The third-order valence-electron chi connectivity index (χ3n) is 8.75. The van der Waals surface area contributed by atoms with Gasteiger partial charge < -0.3 is 19.3 Å². The molecule has 4 unspecified atom stereocenters. The van der Waals surface area contributed by atoms with Gasteiger partial charge in [-0.15, -0.1) is 5.10 Å². The molecule has 218 valence electrons. The molecular formula is C25H48N4O6SSi2. The van der Waals surface area contributed by atoms with E-state index in [1.54, 1.807) is 10.9 Å². The van der Waals surface area contributed by atoms with E-state index < -0.39 is 50.8 Å². The fraction of sp³-hybridized carbons (Fsp3) is 0.840. The van der Waals surface area contributed by atoms with Crippen molar-refractivity contribution in [2.45, 2.75) is 128 Å². The van der Waals surface area contributed by atoms with Crippen molar-refractivity contribution >= 4 is 26.8 Å². The molecule has 0 amide bonds. The van der Waals surface area contributed by atoms with E-state index in [4.69, 9.17) is 23.5 Å². The molecule has 38 heavy (non-hydrogen) atoms. The third kappa shape index (κ3) is 5.84. The van der Waals surface area contributed by atoms with Crippen LogP contribution in [0.15, 0.2) is 17.3 Å². The minimum atomic E-state index is -4.06. The Morgan fingerprint density at radius 3 is 2.21 bits per heavy atom. The maximum absolute atomic E-state index is 12.9. The normalized spacial score (nSPS) is 28.3. The summed E-state index contributed by atoms with van der Waals surface area (Å²) in [5.74, 6) is 0. The molecule has 2 aliphatic rings. The Labute approximate surface area is 231 Å². The Balaban J connectivity index is 2.16. The Hall–Kier alpha value is -1.10. The molecule has 0 aliphatic carbocycles. The topological polar surface area (TPSA) is 128 Å². The lowest BCUT2D eigenvalue weighted by Gasteiger charge is -2.43. The maximum Gasteiger partial charge on any atom is 0.292 e. The highest BCUT2D eigenvalue weighted by atomic mass is 32.2. The van der Waals surface area contributed by atoms with Gasteiger partial charge in [0.1, 0.15) is 12.2 Å². The predicted octanol–water partition coefficient (Wildman–Crippen LogP) is 4.83. The standard InChI is InChI=1S/C25H48N4O6SSi2/c1-12-13-14-18-15-27-28-29(18)22-21(34-38(10,11)24(5,6)7)25(19(26)17-36(30,31)35-25)20(33-22)16-32-37(8,9)23(2,3)4/h15,17,20-22H,12-14,16,26H2,1-11H3. The van der Waals surface area contributed by atoms with Crippen molar-refractivity contribution in [3.63, 3.8) is 0 Å². The fourth-order valence-electron chi connectivity index (χ4n) is 4.20. The Bertz CT molecular complexity index is 1140. The summed E-state index contributed by atoms with van der Waals surface area (Å²) in [5.41, 5.74) is 5.89. The molecule has 0 aromatic carbocycles. The largest absolute Gasteiger partial charge is 0.414 e. The summed E-state index contributed by atoms with van der Waals surface area (Å²) in [5, 5.41) is 9.30. The molecule has 4 atom stereocenters. The first kappa shape index (κ1) is 31.4. The quantitative estimate of drug-likeness (QED) is 0.319. The number of nitrogens with two attached hydrogens (primary N) is 1. The first-order chi connectivity index (χ1) is 17.2. The summed E-state index contributed by atoms with van der Waals surface area (Å²) < 4.78 is 53.5. The van der Waals surface area contributed by atoms with Gasteiger partial charge in [-0.2, -0.15) is 8.42 Å². The van der Waals surface area contributed by atoms with Crippen molar-refractivity contribution in [1.82, 2.24) is 15.0 Å². The summed E-state index contributed by atoms with van der Waals surface area (Å²) in [7, 11) is -8.78. The zero-order chi connectivity index (χ0) is 28.9. The molecule has 0 bridgehead atoms. The highest BCUT2D eigenvalue weighted by Crippen LogP contribution is 2.52. The fourth-order valence-corrected chi connectivity index (χ4v) is 7.71. The minimum absolute atomic E-state index is 0.0571. The molecule has 3 heterocycles. The molecule has 0 radical (unpaired) electrons. The Kier molecular flexibility index (Phi) is 8.59. The molecule has 1 spiro atoms. The summed E-state index contributed by atoms with van der Waals surface area (Å²) in [4.78, 5) is 0. The average Bonchev–Trinajstić information content (AvgIpc) is 3.38. The molecule has 1 saturated heterocycles. The van der Waals surface area contributed by atoms with Crippen LogP contribution in [-0.2, 0) is 34.3 Å². The van der Waals surface area contributed by atoms with E-state index in [0.29, 0.717) is 0 Å². The van der Waals surface area contributed by atoms with Gasteiger partial charge in [-0.3, -0.25) is 0 Å². The molecular weight excluding hydrogens is 541 g/mol. The maximum atomic E-state index is 12.9. The van der Waals surface area contributed by atoms with E-state index in [1.165, 1.54) is 0 Å². The van der Waals surface area contributed by atoms with Gasteiger partial charge in [-0.05, 0) is 49.1 Å². The molecule has 10 nitrogen and oxygen atoms in total. The smallest absolute Gasteiger partial charge is 0.292 e. The van der Waals surface area contributed by atoms with Crippen molar-refractivity contribution in [2.24, 2.45) is 5.73 Å². The van der Waals surface area contributed by atoms with Crippen LogP contribution in [0.5, 0.6) is 0 Å². The molecule has 2 aliphatic heterocycles. The SMILES string of the molecule is CCCCc1cnnn1C1OC(CO[Si](C)(C)C(C)(C)C)C2(OS(=O)(=O)C=C2N)C1O[Si](C)(C)C(C)(C)C.